The number of hydrogen-bond donors (Lipinski definition) is 6. The molecule has 0 aliphatic carbocycles. The molecule has 0 fully saturated rings. The number of carboxylic acids is 4. The summed E-state index contributed by atoms with van der Waals surface area (Å²) in [6, 6.07) is 0. The fourth-order valence-electron chi connectivity index (χ4n) is 1.91. The second kappa shape index (κ2) is 15.8. The van der Waals surface area contributed by atoms with Crippen molar-refractivity contribution < 1.29 is 39.6 Å². The third-order valence-electron chi connectivity index (χ3n) is 2.86. The molecule has 24 heavy (non-hydrogen) atoms. The van der Waals surface area contributed by atoms with E-state index in [2.05, 4.69) is 0 Å². The minimum absolute atomic E-state index is 0. The molecule has 0 aromatic carbocycles. The third-order valence-corrected chi connectivity index (χ3v) is 2.86. The van der Waals surface area contributed by atoms with Gasteiger partial charge < -0.3 is 31.9 Å². The van der Waals surface area contributed by atoms with E-state index in [4.69, 9.17) is 31.9 Å². The van der Waals surface area contributed by atoms with Crippen LogP contribution in [0.1, 0.15) is 25.7 Å². The van der Waals surface area contributed by atoms with Crippen LogP contribution >= 0.6 is 0 Å². The zero-order valence-electron chi connectivity index (χ0n) is 10.4. The van der Waals surface area contributed by atoms with E-state index in [1.54, 1.807) is 0 Å². The van der Waals surface area contributed by atoms with Crippen molar-refractivity contribution in [1.29, 1.82) is 0 Å². The van der Waals surface area contributed by atoms with E-state index in [0.717, 1.165) is 0 Å². The first-order chi connectivity index (χ1) is 8.92. The van der Waals surface area contributed by atoms with Gasteiger partial charge in [0.05, 0.1) is 36.8 Å². The van der Waals surface area contributed by atoms with Crippen molar-refractivity contribution >= 4 is 142 Å². The van der Waals surface area contributed by atoms with Gasteiger partial charge in [0.15, 0.2) is 0 Å². The Morgan fingerprint density at radius 2 is 0.667 bits per heavy atom. The second-order valence-corrected chi connectivity index (χ2v) is 4.59. The summed E-state index contributed by atoms with van der Waals surface area (Å²) in [6.07, 6.45) is -3.90. The van der Waals surface area contributed by atoms with Gasteiger partial charge in [-0.15, -0.1) is 0 Å². The Labute approximate surface area is 226 Å². The van der Waals surface area contributed by atoms with Crippen LogP contribution in [-0.2, 0) is 19.2 Å². The Bertz CT molecular complexity index is 377. The predicted molar refractivity (Wildman–Crippen MR) is 91.4 cm³/mol. The standard InChI is InChI=1S/C10H16N2O8.4Na.4H/c11-9(1-5(13)14,2-6(15)16)10(12,3-7(17)18)4-8(19)20;;;;;;;;/h1-4,11-12H2,(H,13,14)(H,15,16)(H,17,18)(H,19,20);;;;;;;;. The Morgan fingerprint density at radius 1 is 0.542 bits per heavy atom. The molecule has 8 N–H and O–H groups in total. The molecule has 0 bridgehead atoms. The average molecular weight is 388 g/mol. The van der Waals surface area contributed by atoms with Crippen molar-refractivity contribution in [2.75, 3.05) is 0 Å². The fraction of sp³-hybridized carbons (Fsp3) is 0.600. The van der Waals surface area contributed by atoms with Crippen LogP contribution in [0.3, 0.4) is 0 Å². The molecule has 0 amide bonds. The van der Waals surface area contributed by atoms with E-state index in [9.17, 15) is 19.2 Å². The summed E-state index contributed by atoms with van der Waals surface area (Å²) >= 11 is 0. The Morgan fingerprint density at radius 3 is 0.750 bits per heavy atom. The van der Waals surface area contributed by atoms with Crippen molar-refractivity contribution in [3.05, 3.63) is 0 Å². The molecule has 0 rings (SSSR count). The summed E-state index contributed by atoms with van der Waals surface area (Å²) in [6.45, 7) is 0. The van der Waals surface area contributed by atoms with Crippen molar-refractivity contribution in [3.8, 4) is 0 Å². The number of carboxylic acid groups (broad SMARTS) is 4. The molecule has 0 spiro atoms. The SMILES string of the molecule is NC(CC(=O)O)(CC(=O)O)C(N)(CC(=O)O)CC(=O)O.[NaH].[NaH].[NaH].[NaH]. The molecule has 10 nitrogen and oxygen atoms in total. The van der Waals surface area contributed by atoms with Gasteiger partial charge in [0, 0.05) is 0 Å². The Hall–Kier alpha value is 1.80. The molecule has 0 saturated carbocycles. The molecule has 122 valence electrons. The van der Waals surface area contributed by atoms with Gasteiger partial charge in [0.25, 0.3) is 0 Å². The van der Waals surface area contributed by atoms with Crippen LogP contribution in [0.25, 0.3) is 0 Å². The summed E-state index contributed by atoms with van der Waals surface area (Å²) in [5.41, 5.74) is 6.88. The number of aliphatic carboxylic acids is 4. The van der Waals surface area contributed by atoms with E-state index in [1.165, 1.54) is 0 Å². The van der Waals surface area contributed by atoms with Crippen LogP contribution in [0.2, 0.25) is 0 Å². The first kappa shape index (κ1) is 36.7. The number of rotatable bonds is 9. The normalized spacial score (nSPS) is 9.92. The van der Waals surface area contributed by atoms with Gasteiger partial charge in [-0.25, -0.2) is 0 Å². The van der Waals surface area contributed by atoms with Gasteiger partial charge in [-0.05, 0) is 0 Å². The molecule has 0 saturated heterocycles. The summed E-state index contributed by atoms with van der Waals surface area (Å²) in [7, 11) is 0. The van der Waals surface area contributed by atoms with E-state index < -0.39 is 60.6 Å². The van der Waals surface area contributed by atoms with Crippen molar-refractivity contribution in [2.45, 2.75) is 36.8 Å². The zero-order chi connectivity index (χ0) is 16.1. The zero-order valence-corrected chi connectivity index (χ0v) is 10.4. The molecule has 0 unspecified atom stereocenters. The molecule has 0 atom stereocenters. The van der Waals surface area contributed by atoms with E-state index in [0.29, 0.717) is 0 Å². The quantitative estimate of drug-likeness (QED) is 0.210. The predicted octanol–water partition coefficient (Wildman–Crippen LogP) is -4.31. The average Bonchev–Trinajstić information content (AvgIpc) is 2.10. The summed E-state index contributed by atoms with van der Waals surface area (Å²) in [5.74, 6) is -6.06. The van der Waals surface area contributed by atoms with Crippen molar-refractivity contribution in [3.63, 3.8) is 0 Å². The van der Waals surface area contributed by atoms with Crippen LogP contribution in [0, 0.1) is 0 Å². The second-order valence-electron chi connectivity index (χ2n) is 4.59. The summed E-state index contributed by atoms with van der Waals surface area (Å²) < 4.78 is 0. The van der Waals surface area contributed by atoms with Gasteiger partial charge in [0.1, 0.15) is 0 Å². The van der Waals surface area contributed by atoms with Gasteiger partial charge in [-0.2, -0.15) is 0 Å². The molecule has 0 radical (unpaired) electrons. The van der Waals surface area contributed by atoms with E-state index in [1.807, 2.05) is 0 Å². The van der Waals surface area contributed by atoms with Gasteiger partial charge in [0.2, 0.25) is 0 Å². The van der Waals surface area contributed by atoms with Crippen LogP contribution in [0.5, 0.6) is 0 Å². The molecule has 0 aromatic rings. The Kier molecular flexibility index (Phi) is 24.2. The maximum atomic E-state index is 10.8. The minimum atomic E-state index is -2.22. The third kappa shape index (κ3) is 13.0. The van der Waals surface area contributed by atoms with Crippen LogP contribution in [0.4, 0.5) is 0 Å². The molecule has 0 aliphatic heterocycles. The van der Waals surface area contributed by atoms with Gasteiger partial charge in [-0.1, -0.05) is 0 Å². The molecular formula is C10H20N2Na4O8. The van der Waals surface area contributed by atoms with Gasteiger partial charge >= 0.3 is 142 Å². The Balaban J connectivity index is -0.000000301. The maximum absolute atomic E-state index is 10.8. The molecule has 0 aromatic heterocycles. The molecular weight excluding hydrogens is 368 g/mol. The molecule has 14 heteroatoms. The number of carbonyl (C=O) groups is 4. The van der Waals surface area contributed by atoms with Crippen LogP contribution < -0.4 is 11.5 Å². The van der Waals surface area contributed by atoms with Crippen LogP contribution in [-0.4, -0.2) is 174 Å². The van der Waals surface area contributed by atoms with E-state index >= 15 is 0 Å². The van der Waals surface area contributed by atoms with Crippen molar-refractivity contribution in [1.82, 2.24) is 0 Å². The fourth-order valence-corrected chi connectivity index (χ4v) is 1.91. The molecule has 0 heterocycles. The summed E-state index contributed by atoms with van der Waals surface area (Å²) in [5, 5.41) is 35.1. The van der Waals surface area contributed by atoms with Gasteiger partial charge in [-0.3, -0.25) is 19.2 Å². The number of hydrogen-bond acceptors (Lipinski definition) is 6. The topological polar surface area (TPSA) is 201 Å². The first-order valence-electron chi connectivity index (χ1n) is 5.37. The monoisotopic (exact) mass is 388 g/mol. The van der Waals surface area contributed by atoms with E-state index in [-0.39, 0.29) is 118 Å². The van der Waals surface area contributed by atoms with Crippen LogP contribution in [0.15, 0.2) is 0 Å². The summed E-state index contributed by atoms with van der Waals surface area (Å²) in [4.78, 5) is 43.2. The first-order valence-corrected chi connectivity index (χ1v) is 5.37. The number of nitrogens with two attached hydrogens (primary N) is 2. The molecule has 0 aliphatic rings. The van der Waals surface area contributed by atoms with Crippen molar-refractivity contribution in [2.24, 2.45) is 11.5 Å².